The summed E-state index contributed by atoms with van der Waals surface area (Å²) in [4.78, 5) is 22.6. The van der Waals surface area contributed by atoms with E-state index in [0.29, 0.717) is 0 Å². The van der Waals surface area contributed by atoms with E-state index in [1.807, 2.05) is 0 Å². The molecule has 1 aliphatic heterocycles. The highest BCUT2D eigenvalue weighted by molar-refractivity contribution is 5.83. The highest BCUT2D eigenvalue weighted by Gasteiger charge is 2.25. The maximum atomic E-state index is 12.5. The number of hydrogen-bond donors (Lipinski definition) is 1. The van der Waals surface area contributed by atoms with Crippen LogP contribution in [0.2, 0.25) is 0 Å². The number of para-hydroxylation sites is 1. The Morgan fingerprint density at radius 3 is 2.77 bits per heavy atom. The number of rotatable bonds is 2. The first-order valence-electron chi connectivity index (χ1n) is 9.21. The highest BCUT2D eigenvalue weighted by Crippen LogP contribution is 2.25. The molecule has 4 rings (SSSR count). The van der Waals surface area contributed by atoms with Crippen molar-refractivity contribution in [1.29, 1.82) is 0 Å². The van der Waals surface area contributed by atoms with Crippen LogP contribution in [0.15, 0.2) is 35.3 Å². The first-order valence-corrected chi connectivity index (χ1v) is 9.21. The van der Waals surface area contributed by atoms with E-state index < -0.39 is 0 Å². The predicted octanol–water partition coefficient (Wildman–Crippen LogP) is 3.12. The fourth-order valence-corrected chi connectivity index (χ4v) is 3.78. The lowest BCUT2D eigenvalue weighted by Crippen LogP contribution is -2.36. The van der Waals surface area contributed by atoms with Crippen molar-refractivity contribution in [1.82, 2.24) is 19.4 Å². The fourth-order valence-electron chi connectivity index (χ4n) is 3.78. The summed E-state index contributed by atoms with van der Waals surface area (Å²) in [6.45, 7) is 8.72. The smallest absolute Gasteiger partial charge is 0.254 e. The minimum atomic E-state index is -0.161. The van der Waals surface area contributed by atoms with Crippen molar-refractivity contribution in [3.05, 3.63) is 63.5 Å². The molecule has 0 bridgehead atoms. The number of nitrogens with one attached hydrogen (secondary N) is 1. The Kier molecular flexibility index (Phi) is 3.99. The quantitative estimate of drug-likeness (QED) is 0.773. The number of aromatic nitrogens is 3. The minimum Gasteiger partial charge on any atom is -0.350 e. The summed E-state index contributed by atoms with van der Waals surface area (Å²) in [6.07, 6.45) is 2.97. The Labute approximate surface area is 153 Å². The van der Waals surface area contributed by atoms with Crippen molar-refractivity contribution in [2.75, 3.05) is 6.54 Å². The third-order valence-electron chi connectivity index (χ3n) is 5.24. The predicted molar refractivity (Wildman–Crippen MR) is 104 cm³/mol. The summed E-state index contributed by atoms with van der Waals surface area (Å²) in [7, 11) is 2.09. The molecular formula is C21H26N4O. The van der Waals surface area contributed by atoms with Gasteiger partial charge in [-0.1, -0.05) is 39.0 Å². The molecule has 136 valence electrons. The van der Waals surface area contributed by atoms with Crippen molar-refractivity contribution < 1.29 is 0 Å². The van der Waals surface area contributed by atoms with Gasteiger partial charge >= 0.3 is 0 Å². The molecule has 5 nitrogen and oxygen atoms in total. The van der Waals surface area contributed by atoms with Gasteiger partial charge in [0.25, 0.3) is 5.56 Å². The molecular weight excluding hydrogens is 324 g/mol. The van der Waals surface area contributed by atoms with Crippen LogP contribution in [0.4, 0.5) is 0 Å². The Balaban J connectivity index is 1.64. The molecule has 5 heteroatoms. The number of nitrogens with zero attached hydrogens (tertiary/aromatic N) is 3. The van der Waals surface area contributed by atoms with E-state index in [1.165, 1.54) is 16.5 Å². The van der Waals surface area contributed by atoms with Gasteiger partial charge < -0.3 is 9.55 Å². The fraction of sp³-hybridized carbons (Fsp3) is 0.429. The van der Waals surface area contributed by atoms with E-state index in [4.69, 9.17) is 4.98 Å². The van der Waals surface area contributed by atoms with Gasteiger partial charge in [0, 0.05) is 54.8 Å². The highest BCUT2D eigenvalue weighted by atomic mass is 16.1. The lowest BCUT2D eigenvalue weighted by molar-refractivity contribution is 0.240. The second-order valence-corrected chi connectivity index (χ2v) is 8.33. The van der Waals surface area contributed by atoms with E-state index in [2.05, 4.69) is 72.7 Å². The summed E-state index contributed by atoms with van der Waals surface area (Å²) in [5, 5.41) is 1.30. The SMILES string of the molecule is Cn1cc(CN2CCc3c(nc(C(C)(C)C)[nH]c3=O)C2)c2ccccc21. The maximum Gasteiger partial charge on any atom is 0.254 e. The third-order valence-corrected chi connectivity index (χ3v) is 5.24. The monoisotopic (exact) mass is 350 g/mol. The molecule has 26 heavy (non-hydrogen) atoms. The lowest BCUT2D eigenvalue weighted by atomic mass is 9.95. The number of aryl methyl sites for hydroxylation is 1. The molecule has 1 aromatic carbocycles. The zero-order chi connectivity index (χ0) is 18.5. The van der Waals surface area contributed by atoms with Crippen LogP contribution in [0.5, 0.6) is 0 Å². The van der Waals surface area contributed by atoms with Crippen molar-refractivity contribution in [2.24, 2.45) is 7.05 Å². The maximum absolute atomic E-state index is 12.5. The van der Waals surface area contributed by atoms with Gasteiger partial charge in [-0.3, -0.25) is 9.69 Å². The number of fused-ring (bicyclic) bond motifs is 2. The minimum absolute atomic E-state index is 0.0322. The summed E-state index contributed by atoms with van der Waals surface area (Å²) >= 11 is 0. The molecule has 3 heterocycles. The van der Waals surface area contributed by atoms with Gasteiger partial charge in [-0.15, -0.1) is 0 Å². The van der Waals surface area contributed by atoms with Crippen LogP contribution in [0, 0.1) is 0 Å². The van der Waals surface area contributed by atoms with Gasteiger partial charge in [0.05, 0.1) is 5.69 Å². The van der Waals surface area contributed by atoms with E-state index in [-0.39, 0.29) is 11.0 Å². The average Bonchev–Trinajstić information content (AvgIpc) is 2.90. The first-order chi connectivity index (χ1) is 12.3. The van der Waals surface area contributed by atoms with Crippen LogP contribution in [0.25, 0.3) is 10.9 Å². The molecule has 0 fully saturated rings. The van der Waals surface area contributed by atoms with Crippen LogP contribution < -0.4 is 5.56 Å². The van der Waals surface area contributed by atoms with Crippen molar-refractivity contribution in [2.45, 2.75) is 45.7 Å². The third kappa shape index (κ3) is 2.97. The first kappa shape index (κ1) is 17.0. The standard InChI is InChI=1S/C21H26N4O/c1-21(2,3)20-22-17-13-25(10-9-16(17)19(26)23-20)12-14-11-24(4)18-8-6-5-7-15(14)18/h5-8,11H,9-10,12-13H2,1-4H3,(H,22,23,26). The molecule has 0 radical (unpaired) electrons. The molecule has 0 saturated carbocycles. The molecule has 2 aromatic heterocycles. The van der Waals surface area contributed by atoms with Crippen molar-refractivity contribution in [3.8, 4) is 0 Å². The Morgan fingerprint density at radius 1 is 1.23 bits per heavy atom. The average molecular weight is 350 g/mol. The Hall–Kier alpha value is -2.40. The molecule has 1 aliphatic rings. The summed E-state index contributed by atoms with van der Waals surface area (Å²) in [6, 6.07) is 8.51. The molecule has 0 amide bonds. The van der Waals surface area contributed by atoms with Crippen LogP contribution in [-0.2, 0) is 32.0 Å². The molecule has 0 spiro atoms. The molecule has 0 aliphatic carbocycles. The summed E-state index contributed by atoms with van der Waals surface area (Å²) < 4.78 is 2.18. The van der Waals surface area contributed by atoms with Crippen LogP contribution in [0.1, 0.15) is 43.4 Å². The second-order valence-electron chi connectivity index (χ2n) is 8.33. The van der Waals surface area contributed by atoms with E-state index in [9.17, 15) is 4.79 Å². The normalized spacial score (nSPS) is 15.4. The second kappa shape index (κ2) is 6.09. The van der Waals surface area contributed by atoms with Crippen molar-refractivity contribution >= 4 is 10.9 Å². The van der Waals surface area contributed by atoms with Gasteiger partial charge in [0.2, 0.25) is 0 Å². The number of hydrogen-bond acceptors (Lipinski definition) is 3. The van der Waals surface area contributed by atoms with Gasteiger partial charge in [0.1, 0.15) is 5.82 Å². The topological polar surface area (TPSA) is 53.9 Å². The molecule has 1 N–H and O–H groups in total. The Bertz CT molecular complexity index is 1020. The van der Waals surface area contributed by atoms with E-state index in [0.717, 1.165) is 43.1 Å². The summed E-state index contributed by atoms with van der Waals surface area (Å²) in [5.41, 5.74) is 4.24. The summed E-state index contributed by atoms with van der Waals surface area (Å²) in [5.74, 6) is 0.772. The zero-order valence-corrected chi connectivity index (χ0v) is 16.0. The number of benzene rings is 1. The van der Waals surface area contributed by atoms with Crippen LogP contribution >= 0.6 is 0 Å². The van der Waals surface area contributed by atoms with E-state index in [1.54, 1.807) is 0 Å². The zero-order valence-electron chi connectivity index (χ0n) is 16.0. The van der Waals surface area contributed by atoms with Crippen LogP contribution in [-0.4, -0.2) is 26.0 Å². The van der Waals surface area contributed by atoms with Gasteiger partial charge in [0.15, 0.2) is 0 Å². The molecule has 0 saturated heterocycles. The molecule has 0 unspecified atom stereocenters. The van der Waals surface area contributed by atoms with Crippen LogP contribution in [0.3, 0.4) is 0 Å². The van der Waals surface area contributed by atoms with Gasteiger partial charge in [-0.25, -0.2) is 4.98 Å². The van der Waals surface area contributed by atoms with Gasteiger partial charge in [-0.05, 0) is 18.1 Å². The number of aromatic amines is 1. The number of H-pyrrole nitrogens is 1. The van der Waals surface area contributed by atoms with E-state index >= 15 is 0 Å². The lowest BCUT2D eigenvalue weighted by Gasteiger charge is -2.28. The molecule has 0 atom stereocenters. The Morgan fingerprint density at radius 2 is 2.00 bits per heavy atom. The largest absolute Gasteiger partial charge is 0.350 e. The molecule has 3 aromatic rings. The van der Waals surface area contributed by atoms with Gasteiger partial charge in [-0.2, -0.15) is 0 Å². The van der Waals surface area contributed by atoms with Crippen molar-refractivity contribution in [3.63, 3.8) is 0 Å².